The monoisotopic (exact) mass is 502 g/mol. The first-order chi connectivity index (χ1) is 13.0. The van der Waals surface area contributed by atoms with E-state index in [1.807, 2.05) is 19.1 Å². The number of piperidine rings is 1. The smallest absolute Gasteiger partial charge is 0.227 e. The zero-order valence-electron chi connectivity index (χ0n) is 17.5. The number of carbonyl (C=O) groups excluding carboxylic acids is 1. The molecule has 0 aromatic carbocycles. The lowest BCUT2D eigenvalue weighted by molar-refractivity contribution is -0.116. The van der Waals surface area contributed by atoms with E-state index in [0.29, 0.717) is 30.9 Å². The van der Waals surface area contributed by atoms with Gasteiger partial charge in [-0.1, -0.05) is 6.07 Å². The maximum Gasteiger partial charge on any atom is 0.227 e. The van der Waals surface area contributed by atoms with Crippen LogP contribution in [0.4, 0.5) is 5.82 Å². The number of aromatic nitrogens is 1. The van der Waals surface area contributed by atoms with Crippen LogP contribution in [-0.2, 0) is 4.79 Å². The zero-order valence-corrected chi connectivity index (χ0v) is 19.8. The van der Waals surface area contributed by atoms with E-state index in [1.165, 1.54) is 0 Å². The molecule has 0 bridgehead atoms. The molecular weight excluding hydrogens is 467 g/mol. The molecule has 1 amide bonds. The summed E-state index contributed by atoms with van der Waals surface area (Å²) in [6, 6.07) is 6.62. The van der Waals surface area contributed by atoms with Crippen molar-refractivity contribution in [1.82, 2.24) is 20.5 Å². The van der Waals surface area contributed by atoms with E-state index in [0.717, 1.165) is 44.1 Å². The molecule has 28 heavy (non-hydrogen) atoms. The minimum absolute atomic E-state index is 0. The van der Waals surface area contributed by atoms with Gasteiger partial charge in [0.25, 0.3) is 0 Å². The third kappa shape index (κ3) is 8.72. The molecule has 1 aromatic rings. The molecular formula is C20H35IN6O. The third-order valence-electron chi connectivity index (χ3n) is 4.71. The highest BCUT2D eigenvalue weighted by Gasteiger charge is 2.21. The van der Waals surface area contributed by atoms with Crippen molar-refractivity contribution in [3.05, 3.63) is 23.9 Å². The largest absolute Gasteiger partial charge is 0.357 e. The summed E-state index contributed by atoms with van der Waals surface area (Å²) in [5.41, 5.74) is 0.882. The van der Waals surface area contributed by atoms with Gasteiger partial charge in [-0.15, -0.1) is 24.0 Å². The molecule has 0 spiro atoms. The fourth-order valence-corrected chi connectivity index (χ4v) is 3.16. The van der Waals surface area contributed by atoms with Gasteiger partial charge in [0.05, 0.1) is 6.54 Å². The third-order valence-corrected chi connectivity index (χ3v) is 4.71. The lowest BCUT2D eigenvalue weighted by atomic mass is 10.0. The Morgan fingerprint density at radius 1 is 1.32 bits per heavy atom. The van der Waals surface area contributed by atoms with Gasteiger partial charge >= 0.3 is 0 Å². The van der Waals surface area contributed by atoms with Gasteiger partial charge in [0, 0.05) is 43.8 Å². The number of halogens is 1. The topological polar surface area (TPSA) is 81.6 Å². The number of rotatable bonds is 7. The van der Waals surface area contributed by atoms with Crippen LogP contribution in [0.2, 0.25) is 0 Å². The highest BCUT2D eigenvalue weighted by atomic mass is 127. The molecule has 0 aliphatic carbocycles. The number of anilines is 1. The maximum absolute atomic E-state index is 12.1. The van der Waals surface area contributed by atoms with E-state index >= 15 is 0 Å². The molecule has 0 radical (unpaired) electrons. The molecule has 1 fully saturated rings. The lowest BCUT2D eigenvalue weighted by Gasteiger charge is -2.35. The van der Waals surface area contributed by atoms with Crippen molar-refractivity contribution in [2.45, 2.75) is 59.0 Å². The molecule has 8 heteroatoms. The number of aryl methyl sites for hydroxylation is 1. The number of carbonyl (C=O) groups is 1. The van der Waals surface area contributed by atoms with E-state index < -0.39 is 0 Å². The SMILES string of the molecule is CCNC(=NCCC(=O)Nc1cccc(C)n1)NC1CCN(C(C)C)CC1.I. The first-order valence-corrected chi connectivity index (χ1v) is 10.00. The van der Waals surface area contributed by atoms with Crippen molar-refractivity contribution in [1.29, 1.82) is 0 Å². The minimum atomic E-state index is -0.0714. The fraction of sp³-hybridized carbons (Fsp3) is 0.650. The van der Waals surface area contributed by atoms with Crippen LogP contribution >= 0.6 is 24.0 Å². The molecule has 0 unspecified atom stereocenters. The van der Waals surface area contributed by atoms with Gasteiger partial charge in [0.15, 0.2) is 5.96 Å². The van der Waals surface area contributed by atoms with Crippen molar-refractivity contribution in [2.75, 3.05) is 31.5 Å². The molecule has 1 aliphatic heterocycles. The van der Waals surface area contributed by atoms with Crippen LogP contribution in [0, 0.1) is 6.92 Å². The van der Waals surface area contributed by atoms with Crippen LogP contribution in [0.5, 0.6) is 0 Å². The quantitative estimate of drug-likeness (QED) is 0.304. The zero-order chi connectivity index (χ0) is 19.6. The Bertz CT molecular complexity index is 629. The molecule has 2 rings (SSSR count). The Hall–Kier alpha value is -1.42. The van der Waals surface area contributed by atoms with Gasteiger partial charge < -0.3 is 20.9 Å². The maximum atomic E-state index is 12.1. The number of nitrogens with zero attached hydrogens (tertiary/aromatic N) is 3. The van der Waals surface area contributed by atoms with Gasteiger partial charge in [0.1, 0.15) is 5.82 Å². The summed E-state index contributed by atoms with van der Waals surface area (Å²) in [4.78, 5) is 23.4. The summed E-state index contributed by atoms with van der Waals surface area (Å²) in [6.45, 7) is 11.9. The molecule has 0 atom stereocenters. The minimum Gasteiger partial charge on any atom is -0.357 e. The Kier molecular flexibility index (Phi) is 11.4. The molecule has 1 saturated heterocycles. The molecule has 1 aliphatic rings. The highest BCUT2D eigenvalue weighted by molar-refractivity contribution is 14.0. The van der Waals surface area contributed by atoms with Gasteiger partial charge in [0.2, 0.25) is 5.91 Å². The van der Waals surface area contributed by atoms with Crippen LogP contribution in [-0.4, -0.2) is 60.0 Å². The number of amides is 1. The van der Waals surface area contributed by atoms with Gasteiger partial charge in [-0.3, -0.25) is 9.79 Å². The van der Waals surface area contributed by atoms with Crippen LogP contribution < -0.4 is 16.0 Å². The van der Waals surface area contributed by atoms with Crippen molar-refractivity contribution in [3.8, 4) is 0 Å². The van der Waals surface area contributed by atoms with Gasteiger partial charge in [-0.05, 0) is 52.7 Å². The van der Waals surface area contributed by atoms with Gasteiger partial charge in [-0.25, -0.2) is 4.98 Å². The number of hydrogen-bond donors (Lipinski definition) is 3. The average Bonchev–Trinajstić information content (AvgIpc) is 2.62. The van der Waals surface area contributed by atoms with E-state index in [-0.39, 0.29) is 29.9 Å². The standard InChI is InChI=1S/C20H34N6O.HI/c1-5-21-20(24-17-10-13-26(14-11-17)15(2)3)22-12-9-19(27)25-18-8-6-7-16(4)23-18;/h6-8,15,17H,5,9-14H2,1-4H3,(H2,21,22,24)(H,23,25,27);1H. The first-order valence-electron chi connectivity index (χ1n) is 10.00. The van der Waals surface area contributed by atoms with E-state index in [1.54, 1.807) is 6.07 Å². The summed E-state index contributed by atoms with van der Waals surface area (Å²) in [7, 11) is 0. The Balaban J connectivity index is 0.00000392. The van der Waals surface area contributed by atoms with E-state index in [9.17, 15) is 4.79 Å². The first kappa shape index (κ1) is 24.6. The number of pyridine rings is 1. The molecule has 7 nitrogen and oxygen atoms in total. The second kappa shape index (κ2) is 12.9. The molecule has 1 aromatic heterocycles. The number of hydrogen-bond acceptors (Lipinski definition) is 4. The summed E-state index contributed by atoms with van der Waals surface area (Å²) >= 11 is 0. The van der Waals surface area contributed by atoms with Crippen LogP contribution in [0.15, 0.2) is 23.2 Å². The Morgan fingerprint density at radius 2 is 2.04 bits per heavy atom. The van der Waals surface area contributed by atoms with E-state index in [4.69, 9.17) is 0 Å². The number of nitrogens with one attached hydrogen (secondary N) is 3. The molecule has 0 saturated carbocycles. The van der Waals surface area contributed by atoms with Crippen molar-refractivity contribution >= 4 is 41.7 Å². The lowest BCUT2D eigenvalue weighted by Crippen LogP contribution is -2.49. The molecule has 3 N–H and O–H groups in total. The predicted molar refractivity (Wildman–Crippen MR) is 126 cm³/mol. The van der Waals surface area contributed by atoms with E-state index in [2.05, 4.69) is 51.6 Å². The van der Waals surface area contributed by atoms with Crippen molar-refractivity contribution < 1.29 is 4.79 Å². The van der Waals surface area contributed by atoms with Crippen LogP contribution in [0.25, 0.3) is 0 Å². The summed E-state index contributed by atoms with van der Waals surface area (Å²) in [5, 5.41) is 9.61. The highest BCUT2D eigenvalue weighted by Crippen LogP contribution is 2.12. The Labute approximate surface area is 186 Å². The number of aliphatic imine (C=N–C) groups is 1. The molecule has 2 heterocycles. The van der Waals surface area contributed by atoms with Crippen LogP contribution in [0.1, 0.15) is 45.7 Å². The average molecular weight is 502 g/mol. The number of guanidine groups is 1. The summed E-state index contributed by atoms with van der Waals surface area (Å²) in [6.07, 6.45) is 2.56. The van der Waals surface area contributed by atoms with Gasteiger partial charge in [-0.2, -0.15) is 0 Å². The second-order valence-electron chi connectivity index (χ2n) is 7.27. The predicted octanol–water partition coefficient (Wildman–Crippen LogP) is 2.76. The van der Waals surface area contributed by atoms with Crippen LogP contribution in [0.3, 0.4) is 0 Å². The normalized spacial score (nSPS) is 15.8. The number of likely N-dealkylation sites (tertiary alicyclic amines) is 1. The molecule has 158 valence electrons. The summed E-state index contributed by atoms with van der Waals surface area (Å²) < 4.78 is 0. The van der Waals surface area contributed by atoms with Crippen molar-refractivity contribution in [3.63, 3.8) is 0 Å². The van der Waals surface area contributed by atoms with Crippen molar-refractivity contribution in [2.24, 2.45) is 4.99 Å². The Morgan fingerprint density at radius 3 is 2.64 bits per heavy atom. The summed E-state index contributed by atoms with van der Waals surface area (Å²) in [5.74, 6) is 1.31. The fourth-order valence-electron chi connectivity index (χ4n) is 3.16. The second-order valence-corrected chi connectivity index (χ2v) is 7.27.